The normalized spacial score (nSPS) is 20.8. The number of morpholine rings is 1. The number of nitrogen functional groups attached to an aromatic ring is 1. The zero-order valence-electron chi connectivity index (χ0n) is 10.5. The minimum absolute atomic E-state index is 0.159. The molecule has 0 saturated carbocycles. The van der Waals surface area contributed by atoms with Crippen molar-refractivity contribution in [2.24, 2.45) is 0 Å². The van der Waals surface area contributed by atoms with Gasteiger partial charge in [0, 0.05) is 12.7 Å². The second-order valence-electron chi connectivity index (χ2n) is 4.86. The van der Waals surface area contributed by atoms with Crippen LogP contribution >= 0.6 is 0 Å². The molecule has 18 heavy (non-hydrogen) atoms. The molecule has 0 aromatic carbocycles. The number of anilines is 1. The molecule has 6 nitrogen and oxygen atoms in total. The molecular weight excluding hydrogens is 254 g/mol. The van der Waals surface area contributed by atoms with E-state index in [1.54, 1.807) is 0 Å². The van der Waals surface area contributed by atoms with E-state index in [4.69, 9.17) is 10.5 Å². The molecule has 1 saturated heterocycles. The van der Waals surface area contributed by atoms with Crippen molar-refractivity contribution in [3.8, 4) is 0 Å². The van der Waals surface area contributed by atoms with E-state index in [9.17, 15) is 8.42 Å². The fraction of sp³-hybridized carbons (Fsp3) is 0.545. The van der Waals surface area contributed by atoms with E-state index in [1.165, 1.54) is 22.6 Å². The summed E-state index contributed by atoms with van der Waals surface area (Å²) in [5.74, 6) is 0.301. The fourth-order valence-corrected chi connectivity index (χ4v) is 3.66. The van der Waals surface area contributed by atoms with Crippen LogP contribution in [0.2, 0.25) is 0 Å². The van der Waals surface area contributed by atoms with E-state index in [1.807, 2.05) is 13.8 Å². The highest BCUT2D eigenvalue weighted by molar-refractivity contribution is 7.89. The van der Waals surface area contributed by atoms with Gasteiger partial charge in [0.1, 0.15) is 10.7 Å². The summed E-state index contributed by atoms with van der Waals surface area (Å²) in [5, 5.41) is 0. The predicted octanol–water partition coefficient (Wildman–Crippen LogP) is 0.463. The Balaban J connectivity index is 2.38. The molecule has 0 unspecified atom stereocenters. The Morgan fingerprint density at radius 2 is 2.17 bits per heavy atom. The maximum absolute atomic E-state index is 12.5. The number of rotatable bonds is 2. The number of aromatic nitrogens is 1. The molecule has 1 fully saturated rings. The van der Waals surface area contributed by atoms with Gasteiger partial charge >= 0.3 is 0 Å². The van der Waals surface area contributed by atoms with E-state index in [-0.39, 0.29) is 4.90 Å². The second-order valence-corrected chi connectivity index (χ2v) is 6.72. The number of hydrogen-bond donors (Lipinski definition) is 1. The van der Waals surface area contributed by atoms with Gasteiger partial charge in [0.25, 0.3) is 0 Å². The topological polar surface area (TPSA) is 85.5 Å². The Morgan fingerprint density at radius 1 is 1.44 bits per heavy atom. The summed E-state index contributed by atoms with van der Waals surface area (Å²) in [7, 11) is -3.55. The van der Waals surface area contributed by atoms with Crippen LogP contribution in [0.1, 0.15) is 13.8 Å². The Kier molecular flexibility index (Phi) is 3.31. The molecule has 0 bridgehead atoms. The van der Waals surface area contributed by atoms with Crippen LogP contribution in [-0.4, -0.2) is 43.0 Å². The van der Waals surface area contributed by atoms with Crippen LogP contribution in [0.25, 0.3) is 0 Å². The first-order valence-corrected chi connectivity index (χ1v) is 7.10. The Hall–Kier alpha value is -1.18. The SMILES string of the molecule is CC1(C)COCCN1S(=O)(=O)c1ccc(N)nc1. The van der Waals surface area contributed by atoms with Crippen LogP contribution in [0.5, 0.6) is 0 Å². The van der Waals surface area contributed by atoms with Gasteiger partial charge in [0.2, 0.25) is 10.0 Å². The molecule has 0 amide bonds. The Labute approximate surface area is 107 Å². The molecule has 2 heterocycles. The predicted molar refractivity (Wildman–Crippen MR) is 67.4 cm³/mol. The van der Waals surface area contributed by atoms with Crippen molar-refractivity contribution in [3.05, 3.63) is 18.3 Å². The average molecular weight is 271 g/mol. The van der Waals surface area contributed by atoms with Gasteiger partial charge in [-0.25, -0.2) is 13.4 Å². The standard InChI is InChI=1S/C11H17N3O3S/c1-11(2)8-17-6-5-14(11)18(15,16)9-3-4-10(12)13-7-9/h3-4,7H,5-6,8H2,1-2H3,(H2,12,13). The minimum Gasteiger partial charge on any atom is -0.384 e. The number of nitrogens with zero attached hydrogens (tertiary/aromatic N) is 2. The third-order valence-electron chi connectivity index (χ3n) is 2.92. The lowest BCUT2D eigenvalue weighted by Crippen LogP contribution is -2.55. The molecule has 2 N–H and O–H groups in total. The van der Waals surface area contributed by atoms with Crippen molar-refractivity contribution in [2.75, 3.05) is 25.5 Å². The zero-order chi connectivity index (χ0) is 13.4. The summed E-state index contributed by atoms with van der Waals surface area (Å²) >= 11 is 0. The first-order chi connectivity index (χ1) is 8.34. The van der Waals surface area contributed by atoms with E-state index in [0.717, 1.165) is 0 Å². The first-order valence-electron chi connectivity index (χ1n) is 5.66. The number of pyridine rings is 1. The molecule has 1 aliphatic heterocycles. The molecule has 0 aliphatic carbocycles. The molecule has 1 aromatic rings. The van der Waals surface area contributed by atoms with Gasteiger partial charge in [-0.1, -0.05) is 0 Å². The summed E-state index contributed by atoms with van der Waals surface area (Å²) in [6.07, 6.45) is 1.29. The maximum atomic E-state index is 12.5. The number of ether oxygens (including phenoxy) is 1. The van der Waals surface area contributed by atoms with Crippen LogP contribution in [0.4, 0.5) is 5.82 Å². The van der Waals surface area contributed by atoms with Crippen LogP contribution in [0.3, 0.4) is 0 Å². The molecule has 0 spiro atoms. The third kappa shape index (κ3) is 2.33. The van der Waals surface area contributed by atoms with Gasteiger partial charge in [-0.3, -0.25) is 0 Å². The highest BCUT2D eigenvalue weighted by atomic mass is 32.2. The third-order valence-corrected chi connectivity index (χ3v) is 5.01. The summed E-state index contributed by atoms with van der Waals surface area (Å²) < 4.78 is 31.8. The summed E-state index contributed by atoms with van der Waals surface area (Å²) in [6.45, 7) is 4.82. The van der Waals surface area contributed by atoms with Crippen LogP contribution in [0.15, 0.2) is 23.2 Å². The number of sulfonamides is 1. The number of hydrogen-bond acceptors (Lipinski definition) is 5. The summed E-state index contributed by atoms with van der Waals surface area (Å²) in [6, 6.07) is 2.96. The highest BCUT2D eigenvalue weighted by Gasteiger charge is 2.39. The lowest BCUT2D eigenvalue weighted by Gasteiger charge is -2.40. The minimum atomic E-state index is -3.55. The molecule has 0 radical (unpaired) electrons. The van der Waals surface area contributed by atoms with Gasteiger partial charge in [-0.2, -0.15) is 4.31 Å². The van der Waals surface area contributed by atoms with E-state index >= 15 is 0 Å². The van der Waals surface area contributed by atoms with Crippen LogP contribution in [-0.2, 0) is 14.8 Å². The van der Waals surface area contributed by atoms with Gasteiger partial charge in [0.05, 0.1) is 18.8 Å². The molecule has 1 aliphatic rings. The van der Waals surface area contributed by atoms with Crippen molar-refractivity contribution < 1.29 is 13.2 Å². The summed E-state index contributed by atoms with van der Waals surface area (Å²) in [4.78, 5) is 3.99. The molecule has 1 aromatic heterocycles. The Morgan fingerprint density at radius 3 is 2.72 bits per heavy atom. The highest BCUT2D eigenvalue weighted by Crippen LogP contribution is 2.27. The van der Waals surface area contributed by atoms with Crippen molar-refractivity contribution in [1.82, 2.24) is 9.29 Å². The lowest BCUT2D eigenvalue weighted by atomic mass is 10.1. The van der Waals surface area contributed by atoms with Crippen molar-refractivity contribution in [1.29, 1.82) is 0 Å². The monoisotopic (exact) mass is 271 g/mol. The second kappa shape index (κ2) is 4.49. The molecule has 0 atom stereocenters. The van der Waals surface area contributed by atoms with Crippen molar-refractivity contribution in [2.45, 2.75) is 24.3 Å². The lowest BCUT2D eigenvalue weighted by molar-refractivity contribution is -0.00771. The van der Waals surface area contributed by atoms with Gasteiger partial charge < -0.3 is 10.5 Å². The molecule has 2 rings (SSSR count). The van der Waals surface area contributed by atoms with E-state index in [0.29, 0.717) is 25.6 Å². The van der Waals surface area contributed by atoms with Crippen LogP contribution < -0.4 is 5.73 Å². The van der Waals surface area contributed by atoms with E-state index < -0.39 is 15.6 Å². The average Bonchev–Trinajstić information content (AvgIpc) is 2.28. The van der Waals surface area contributed by atoms with Crippen molar-refractivity contribution in [3.63, 3.8) is 0 Å². The summed E-state index contributed by atoms with van der Waals surface area (Å²) in [5.41, 5.74) is 4.91. The maximum Gasteiger partial charge on any atom is 0.245 e. The molecule has 7 heteroatoms. The molecule has 100 valence electrons. The van der Waals surface area contributed by atoms with Gasteiger partial charge in [-0.05, 0) is 26.0 Å². The zero-order valence-corrected chi connectivity index (χ0v) is 11.3. The molecular formula is C11H17N3O3S. The van der Waals surface area contributed by atoms with Gasteiger partial charge in [0.15, 0.2) is 0 Å². The largest absolute Gasteiger partial charge is 0.384 e. The smallest absolute Gasteiger partial charge is 0.245 e. The van der Waals surface area contributed by atoms with Crippen molar-refractivity contribution >= 4 is 15.8 Å². The van der Waals surface area contributed by atoms with E-state index in [2.05, 4.69) is 4.98 Å². The first kappa shape index (κ1) is 13.3. The number of nitrogens with two attached hydrogens (primary N) is 1. The van der Waals surface area contributed by atoms with Gasteiger partial charge in [-0.15, -0.1) is 0 Å². The van der Waals surface area contributed by atoms with Crippen LogP contribution in [0, 0.1) is 0 Å². The quantitative estimate of drug-likeness (QED) is 0.844. The fourth-order valence-electron chi connectivity index (χ4n) is 1.96. The Bertz CT molecular complexity index is 525.